The van der Waals surface area contributed by atoms with Crippen molar-refractivity contribution >= 4 is 17.6 Å². The van der Waals surface area contributed by atoms with Crippen LogP contribution in [0.3, 0.4) is 0 Å². The SMILES string of the molecule is O=C(O)c1ccc(NCc2cnc[nH]2)cc1C(=O)O. The third kappa shape index (κ3) is 2.89. The molecule has 0 saturated heterocycles. The fourth-order valence-electron chi connectivity index (χ4n) is 1.60. The number of aromatic carboxylic acids is 2. The number of aromatic nitrogens is 2. The van der Waals surface area contributed by atoms with E-state index in [0.29, 0.717) is 12.2 Å². The molecule has 0 aliphatic rings. The summed E-state index contributed by atoms with van der Waals surface area (Å²) < 4.78 is 0. The van der Waals surface area contributed by atoms with Crippen LogP contribution in [-0.4, -0.2) is 32.1 Å². The first-order valence-corrected chi connectivity index (χ1v) is 5.39. The van der Waals surface area contributed by atoms with Gasteiger partial charge < -0.3 is 20.5 Å². The molecule has 7 nitrogen and oxygen atoms in total. The van der Waals surface area contributed by atoms with Crippen molar-refractivity contribution < 1.29 is 19.8 Å². The summed E-state index contributed by atoms with van der Waals surface area (Å²) in [4.78, 5) is 28.6. The predicted molar refractivity (Wildman–Crippen MR) is 66.3 cm³/mol. The monoisotopic (exact) mass is 261 g/mol. The summed E-state index contributed by atoms with van der Waals surface area (Å²) in [5.74, 6) is -2.54. The maximum atomic E-state index is 11.0. The molecule has 0 amide bonds. The van der Waals surface area contributed by atoms with Gasteiger partial charge >= 0.3 is 11.9 Å². The van der Waals surface area contributed by atoms with Gasteiger partial charge in [0.25, 0.3) is 0 Å². The molecule has 1 aromatic carbocycles. The number of nitrogens with one attached hydrogen (secondary N) is 2. The minimum atomic E-state index is -1.28. The van der Waals surface area contributed by atoms with Gasteiger partial charge in [0.1, 0.15) is 0 Å². The van der Waals surface area contributed by atoms with E-state index in [1.807, 2.05) is 0 Å². The lowest BCUT2D eigenvalue weighted by Crippen LogP contribution is -2.09. The second-order valence-corrected chi connectivity index (χ2v) is 3.80. The molecular weight excluding hydrogens is 250 g/mol. The van der Waals surface area contributed by atoms with E-state index >= 15 is 0 Å². The van der Waals surface area contributed by atoms with Gasteiger partial charge in [-0.3, -0.25) is 0 Å². The molecule has 98 valence electrons. The zero-order valence-electron chi connectivity index (χ0n) is 9.75. The lowest BCUT2D eigenvalue weighted by Gasteiger charge is -2.08. The first-order valence-electron chi connectivity index (χ1n) is 5.39. The van der Waals surface area contributed by atoms with E-state index in [9.17, 15) is 9.59 Å². The summed E-state index contributed by atoms with van der Waals surface area (Å²) >= 11 is 0. The molecule has 0 saturated carbocycles. The molecule has 2 rings (SSSR count). The van der Waals surface area contributed by atoms with Crippen LogP contribution < -0.4 is 5.32 Å². The van der Waals surface area contributed by atoms with Gasteiger partial charge in [-0.1, -0.05) is 0 Å². The molecular formula is C12H11N3O4. The fourth-order valence-corrected chi connectivity index (χ4v) is 1.60. The normalized spacial score (nSPS) is 10.1. The van der Waals surface area contributed by atoms with Gasteiger partial charge in [-0.2, -0.15) is 0 Å². The Balaban J connectivity index is 2.20. The third-order valence-corrected chi connectivity index (χ3v) is 2.52. The summed E-state index contributed by atoms with van der Waals surface area (Å²) in [5.41, 5.74) is 0.873. The molecule has 4 N–H and O–H groups in total. The number of aromatic amines is 1. The number of hydrogen-bond donors (Lipinski definition) is 4. The number of rotatable bonds is 5. The van der Waals surface area contributed by atoms with Gasteiger partial charge in [0.2, 0.25) is 0 Å². The quantitative estimate of drug-likeness (QED) is 0.647. The molecule has 1 aromatic heterocycles. The molecule has 0 atom stereocenters. The zero-order chi connectivity index (χ0) is 13.8. The predicted octanol–water partition coefficient (Wildman–Crippen LogP) is 1.42. The number of hydrogen-bond acceptors (Lipinski definition) is 4. The maximum Gasteiger partial charge on any atom is 0.336 e. The van der Waals surface area contributed by atoms with E-state index in [4.69, 9.17) is 10.2 Å². The number of anilines is 1. The van der Waals surface area contributed by atoms with Crippen molar-refractivity contribution in [1.29, 1.82) is 0 Å². The molecule has 0 radical (unpaired) electrons. The Hall–Kier alpha value is -2.83. The molecule has 7 heteroatoms. The number of benzene rings is 1. The average molecular weight is 261 g/mol. The van der Waals surface area contributed by atoms with Crippen LogP contribution in [0.25, 0.3) is 0 Å². The largest absolute Gasteiger partial charge is 0.478 e. The summed E-state index contributed by atoms with van der Waals surface area (Å²) in [6.45, 7) is 0.436. The summed E-state index contributed by atoms with van der Waals surface area (Å²) in [7, 11) is 0. The molecule has 19 heavy (non-hydrogen) atoms. The van der Waals surface area contributed by atoms with Gasteiger partial charge in [-0.05, 0) is 18.2 Å². The summed E-state index contributed by atoms with van der Waals surface area (Å²) in [6, 6.07) is 4.08. The van der Waals surface area contributed by atoms with Crippen molar-refractivity contribution in [3.63, 3.8) is 0 Å². The van der Waals surface area contributed by atoms with Crippen molar-refractivity contribution in [2.45, 2.75) is 6.54 Å². The fraction of sp³-hybridized carbons (Fsp3) is 0.0833. The molecule has 0 fully saturated rings. The van der Waals surface area contributed by atoms with Gasteiger partial charge in [-0.25, -0.2) is 14.6 Å². The first-order chi connectivity index (χ1) is 9.08. The Morgan fingerprint density at radius 2 is 1.95 bits per heavy atom. The first kappa shape index (κ1) is 12.6. The van der Waals surface area contributed by atoms with Gasteiger partial charge in [-0.15, -0.1) is 0 Å². The van der Waals surface area contributed by atoms with Crippen LogP contribution in [0, 0.1) is 0 Å². The molecule has 0 aliphatic heterocycles. The molecule has 0 unspecified atom stereocenters. The molecule has 2 aromatic rings. The van der Waals surface area contributed by atoms with Gasteiger partial charge in [0.15, 0.2) is 0 Å². The highest BCUT2D eigenvalue weighted by Gasteiger charge is 2.16. The van der Waals surface area contributed by atoms with Crippen LogP contribution in [0.15, 0.2) is 30.7 Å². The van der Waals surface area contributed by atoms with E-state index in [-0.39, 0.29) is 11.1 Å². The smallest absolute Gasteiger partial charge is 0.336 e. The minimum Gasteiger partial charge on any atom is -0.478 e. The molecule has 0 bridgehead atoms. The Labute approximate surface area is 107 Å². The van der Waals surface area contributed by atoms with Crippen LogP contribution in [0.1, 0.15) is 26.4 Å². The molecule has 1 heterocycles. The number of nitrogens with zero attached hydrogens (tertiary/aromatic N) is 1. The topological polar surface area (TPSA) is 115 Å². The lowest BCUT2D eigenvalue weighted by molar-refractivity contribution is 0.0651. The van der Waals surface area contributed by atoms with Crippen LogP contribution in [0.4, 0.5) is 5.69 Å². The van der Waals surface area contributed by atoms with Crippen molar-refractivity contribution in [1.82, 2.24) is 9.97 Å². The van der Waals surface area contributed by atoms with Crippen molar-refractivity contribution in [2.24, 2.45) is 0 Å². The second-order valence-electron chi connectivity index (χ2n) is 3.80. The zero-order valence-corrected chi connectivity index (χ0v) is 9.75. The summed E-state index contributed by atoms with van der Waals surface area (Å²) in [5, 5.41) is 20.9. The number of carbonyl (C=O) groups is 2. The van der Waals surface area contributed by atoms with Gasteiger partial charge in [0.05, 0.1) is 29.7 Å². The Kier molecular flexibility index (Phi) is 3.46. The van der Waals surface area contributed by atoms with E-state index in [2.05, 4.69) is 15.3 Å². The number of carboxylic acid groups (broad SMARTS) is 2. The Morgan fingerprint density at radius 3 is 2.53 bits per heavy atom. The van der Waals surface area contributed by atoms with Crippen molar-refractivity contribution in [2.75, 3.05) is 5.32 Å². The standard InChI is InChI=1S/C12H11N3O4/c16-11(17)9-2-1-7(3-10(9)12(18)19)14-5-8-4-13-6-15-8/h1-4,6,14H,5H2,(H,13,15)(H,16,17)(H,18,19). The Morgan fingerprint density at radius 1 is 1.21 bits per heavy atom. The Bertz CT molecular complexity index is 607. The lowest BCUT2D eigenvalue weighted by atomic mass is 10.1. The number of H-pyrrole nitrogens is 1. The highest BCUT2D eigenvalue weighted by atomic mass is 16.4. The van der Waals surface area contributed by atoms with E-state index in [0.717, 1.165) is 5.69 Å². The van der Waals surface area contributed by atoms with Crippen LogP contribution in [0.5, 0.6) is 0 Å². The van der Waals surface area contributed by atoms with Crippen molar-refractivity contribution in [3.8, 4) is 0 Å². The highest BCUT2D eigenvalue weighted by molar-refractivity contribution is 6.02. The highest BCUT2D eigenvalue weighted by Crippen LogP contribution is 2.17. The van der Waals surface area contributed by atoms with E-state index in [1.165, 1.54) is 24.5 Å². The van der Waals surface area contributed by atoms with Crippen LogP contribution >= 0.6 is 0 Å². The molecule has 0 spiro atoms. The molecule has 0 aliphatic carbocycles. The third-order valence-electron chi connectivity index (χ3n) is 2.52. The van der Waals surface area contributed by atoms with Crippen LogP contribution in [0.2, 0.25) is 0 Å². The average Bonchev–Trinajstić information content (AvgIpc) is 2.88. The summed E-state index contributed by atoms with van der Waals surface area (Å²) in [6.07, 6.45) is 3.17. The van der Waals surface area contributed by atoms with Gasteiger partial charge in [0, 0.05) is 11.9 Å². The van der Waals surface area contributed by atoms with E-state index in [1.54, 1.807) is 6.20 Å². The number of carboxylic acids is 2. The number of imidazole rings is 1. The van der Waals surface area contributed by atoms with Crippen molar-refractivity contribution in [3.05, 3.63) is 47.5 Å². The van der Waals surface area contributed by atoms with E-state index < -0.39 is 11.9 Å². The maximum absolute atomic E-state index is 11.0. The second kappa shape index (κ2) is 5.21. The van der Waals surface area contributed by atoms with Crippen LogP contribution in [-0.2, 0) is 6.54 Å². The minimum absolute atomic E-state index is 0.236.